The average Bonchev–Trinajstić information content (AvgIpc) is 2.74. The number of nitrogens with one attached hydrogen (secondary N) is 1. The monoisotopic (exact) mass is 369 g/mol. The van der Waals surface area contributed by atoms with Crippen LogP contribution in [0, 0.1) is 0 Å². The Morgan fingerprint density at radius 1 is 1.07 bits per heavy atom. The van der Waals surface area contributed by atoms with E-state index in [2.05, 4.69) is 44.1 Å². The molecule has 1 aliphatic rings. The molecule has 1 aromatic heterocycles. The lowest BCUT2D eigenvalue weighted by atomic mass is 10.2. The molecule has 1 fully saturated rings. The zero-order valence-corrected chi connectivity index (χ0v) is 16.0. The van der Waals surface area contributed by atoms with E-state index >= 15 is 0 Å². The first-order valence-electron chi connectivity index (χ1n) is 9.45. The maximum Gasteiger partial charge on any atom is 0.254 e. The van der Waals surface area contributed by atoms with Gasteiger partial charge in [0.1, 0.15) is 5.75 Å². The van der Waals surface area contributed by atoms with Gasteiger partial charge in [-0.25, -0.2) is 9.97 Å². The molecule has 27 heavy (non-hydrogen) atoms. The molecule has 7 heteroatoms. The van der Waals surface area contributed by atoms with Crippen molar-refractivity contribution in [3.8, 4) is 5.75 Å². The molecule has 2 aromatic rings. The van der Waals surface area contributed by atoms with Crippen LogP contribution >= 0.6 is 0 Å². The number of methoxy groups -OCH3 is 1. The normalized spacial score (nSPS) is 14.1. The van der Waals surface area contributed by atoms with Crippen LogP contribution in [0.2, 0.25) is 0 Å². The Morgan fingerprint density at radius 3 is 2.30 bits per heavy atom. The molecule has 1 aromatic carbocycles. The third-order valence-electron chi connectivity index (χ3n) is 4.72. The van der Waals surface area contributed by atoms with Gasteiger partial charge in [-0.2, -0.15) is 0 Å². The third kappa shape index (κ3) is 4.87. The zero-order valence-electron chi connectivity index (χ0n) is 16.0. The van der Waals surface area contributed by atoms with E-state index in [0.29, 0.717) is 18.1 Å². The van der Waals surface area contributed by atoms with Crippen LogP contribution in [0.5, 0.6) is 5.75 Å². The van der Waals surface area contributed by atoms with E-state index in [1.807, 2.05) is 12.1 Å². The highest BCUT2D eigenvalue weighted by molar-refractivity contribution is 5.93. The fraction of sp³-hybridized carbons (Fsp3) is 0.450. The van der Waals surface area contributed by atoms with Crippen molar-refractivity contribution in [1.29, 1.82) is 0 Å². The molecule has 0 bridgehead atoms. The Kier molecular flexibility index (Phi) is 6.46. The summed E-state index contributed by atoms with van der Waals surface area (Å²) in [5, 5.41) is 2.88. The lowest BCUT2D eigenvalue weighted by molar-refractivity contribution is 0.0952. The summed E-state index contributed by atoms with van der Waals surface area (Å²) in [4.78, 5) is 25.3. The number of nitrogens with zero attached hydrogens (tertiary/aromatic N) is 4. The van der Waals surface area contributed by atoms with Crippen molar-refractivity contribution < 1.29 is 9.53 Å². The lowest BCUT2D eigenvalue weighted by Crippen LogP contribution is -2.47. The second kappa shape index (κ2) is 9.21. The highest BCUT2D eigenvalue weighted by Crippen LogP contribution is 2.21. The Morgan fingerprint density at radius 2 is 1.70 bits per heavy atom. The lowest BCUT2D eigenvalue weighted by Gasteiger charge is -2.36. The van der Waals surface area contributed by atoms with E-state index in [-0.39, 0.29) is 5.91 Å². The van der Waals surface area contributed by atoms with Gasteiger partial charge in [-0.15, -0.1) is 0 Å². The molecule has 1 N–H and O–H groups in total. The molecule has 144 valence electrons. The molecule has 2 heterocycles. The van der Waals surface area contributed by atoms with E-state index < -0.39 is 0 Å². The fourth-order valence-corrected chi connectivity index (χ4v) is 3.04. The molecular formula is C20H27N5O2. The number of hydrogen-bond donors (Lipinski definition) is 1. The first kappa shape index (κ1) is 18.9. The molecular weight excluding hydrogens is 342 g/mol. The molecule has 7 nitrogen and oxygen atoms in total. The minimum atomic E-state index is -0.112. The van der Waals surface area contributed by atoms with Gasteiger partial charge in [0.15, 0.2) is 0 Å². The third-order valence-corrected chi connectivity index (χ3v) is 4.72. The summed E-state index contributed by atoms with van der Waals surface area (Å²) >= 11 is 0. The number of amides is 1. The quantitative estimate of drug-likeness (QED) is 0.756. The molecule has 0 saturated carbocycles. The van der Waals surface area contributed by atoms with Gasteiger partial charge in [0, 0.05) is 50.8 Å². The van der Waals surface area contributed by atoms with Crippen molar-refractivity contribution in [2.45, 2.75) is 19.8 Å². The smallest absolute Gasteiger partial charge is 0.254 e. The number of hydrogen-bond acceptors (Lipinski definition) is 6. The van der Waals surface area contributed by atoms with Gasteiger partial charge in [-0.3, -0.25) is 4.79 Å². The topological polar surface area (TPSA) is 70.6 Å². The van der Waals surface area contributed by atoms with Crippen molar-refractivity contribution in [2.24, 2.45) is 0 Å². The van der Waals surface area contributed by atoms with Gasteiger partial charge in [0.05, 0.1) is 12.7 Å². The van der Waals surface area contributed by atoms with Crippen LogP contribution in [0.15, 0.2) is 36.7 Å². The maximum absolute atomic E-state index is 12.0. The van der Waals surface area contributed by atoms with Crippen molar-refractivity contribution in [3.05, 3.63) is 42.2 Å². The van der Waals surface area contributed by atoms with E-state index in [1.165, 1.54) is 5.69 Å². The van der Waals surface area contributed by atoms with Crippen molar-refractivity contribution in [2.75, 3.05) is 49.6 Å². The summed E-state index contributed by atoms with van der Waals surface area (Å²) in [6.45, 7) is 6.26. The largest absolute Gasteiger partial charge is 0.497 e. The molecule has 0 aliphatic carbocycles. The molecule has 0 radical (unpaired) electrons. The summed E-state index contributed by atoms with van der Waals surface area (Å²) in [5.41, 5.74) is 1.70. The van der Waals surface area contributed by atoms with Gasteiger partial charge < -0.3 is 19.9 Å². The Balaban J connectivity index is 1.53. The molecule has 3 rings (SSSR count). The number of anilines is 2. The molecule has 1 saturated heterocycles. The van der Waals surface area contributed by atoms with Crippen LogP contribution in [0.1, 0.15) is 30.1 Å². The highest BCUT2D eigenvalue weighted by Gasteiger charge is 2.19. The standard InChI is InChI=1S/C20H27N5O2/c1-3-4-9-21-19(26)16-14-22-20(23-15-16)25-12-10-24(11-13-25)17-5-7-18(27-2)8-6-17/h5-8,14-15H,3-4,9-13H2,1-2H3,(H,21,26). The minimum Gasteiger partial charge on any atom is -0.497 e. The van der Waals surface area contributed by atoms with Gasteiger partial charge in [-0.05, 0) is 30.7 Å². The number of benzene rings is 1. The summed E-state index contributed by atoms with van der Waals surface area (Å²) < 4.78 is 5.21. The molecule has 0 unspecified atom stereocenters. The summed E-state index contributed by atoms with van der Waals surface area (Å²) in [6.07, 6.45) is 5.25. The van der Waals surface area contributed by atoms with Crippen LogP contribution in [-0.4, -0.2) is 55.7 Å². The predicted molar refractivity (Wildman–Crippen MR) is 107 cm³/mol. The van der Waals surface area contributed by atoms with Crippen LogP contribution in [0.25, 0.3) is 0 Å². The second-order valence-electron chi connectivity index (χ2n) is 6.55. The number of rotatable bonds is 7. The maximum atomic E-state index is 12.0. The van der Waals surface area contributed by atoms with Gasteiger partial charge >= 0.3 is 0 Å². The molecule has 1 amide bonds. The van der Waals surface area contributed by atoms with Gasteiger partial charge in [0.25, 0.3) is 5.91 Å². The van der Waals surface area contributed by atoms with Crippen molar-refractivity contribution >= 4 is 17.5 Å². The van der Waals surface area contributed by atoms with Crippen LogP contribution < -0.4 is 19.9 Å². The Labute approximate surface area is 160 Å². The number of aromatic nitrogens is 2. The van der Waals surface area contributed by atoms with Crippen LogP contribution in [0.3, 0.4) is 0 Å². The Hall–Kier alpha value is -2.83. The van der Waals surface area contributed by atoms with E-state index in [4.69, 9.17) is 4.74 Å². The molecule has 0 atom stereocenters. The van der Waals surface area contributed by atoms with E-state index in [9.17, 15) is 4.79 Å². The van der Waals surface area contributed by atoms with Crippen molar-refractivity contribution in [3.63, 3.8) is 0 Å². The fourth-order valence-electron chi connectivity index (χ4n) is 3.04. The second-order valence-corrected chi connectivity index (χ2v) is 6.55. The van der Waals surface area contributed by atoms with Gasteiger partial charge in [-0.1, -0.05) is 13.3 Å². The Bertz CT molecular complexity index is 725. The first-order chi connectivity index (χ1) is 13.2. The molecule has 0 spiro atoms. The number of unbranched alkanes of at least 4 members (excludes halogenated alkanes) is 1. The van der Waals surface area contributed by atoms with Crippen molar-refractivity contribution in [1.82, 2.24) is 15.3 Å². The summed E-state index contributed by atoms with van der Waals surface area (Å²) in [5.74, 6) is 1.43. The average molecular weight is 369 g/mol. The molecule has 1 aliphatic heterocycles. The first-order valence-corrected chi connectivity index (χ1v) is 9.45. The van der Waals surface area contributed by atoms with E-state index in [0.717, 1.165) is 44.8 Å². The number of carbonyl (C=O) groups excluding carboxylic acids is 1. The SMILES string of the molecule is CCCCNC(=O)c1cnc(N2CCN(c3ccc(OC)cc3)CC2)nc1. The number of piperazine rings is 1. The van der Waals surface area contributed by atoms with Crippen LogP contribution in [0.4, 0.5) is 11.6 Å². The summed E-state index contributed by atoms with van der Waals surface area (Å²) in [7, 11) is 1.67. The van der Waals surface area contributed by atoms with Gasteiger partial charge in [0.2, 0.25) is 5.95 Å². The minimum absolute atomic E-state index is 0.112. The predicted octanol–water partition coefficient (Wildman–Crippen LogP) is 2.34. The zero-order chi connectivity index (χ0) is 19.1. The van der Waals surface area contributed by atoms with Crippen LogP contribution in [-0.2, 0) is 0 Å². The summed E-state index contributed by atoms with van der Waals surface area (Å²) in [6, 6.07) is 8.12. The number of carbonyl (C=O) groups is 1. The highest BCUT2D eigenvalue weighted by atomic mass is 16.5. The van der Waals surface area contributed by atoms with E-state index in [1.54, 1.807) is 19.5 Å². The number of ether oxygens (including phenoxy) is 1.